The summed E-state index contributed by atoms with van der Waals surface area (Å²) in [4.78, 5) is 11.9. The Hall–Kier alpha value is -2.20. The summed E-state index contributed by atoms with van der Waals surface area (Å²) in [6.07, 6.45) is 2.95. The minimum Gasteiger partial charge on any atom is -0.386 e. The van der Waals surface area contributed by atoms with Gasteiger partial charge in [0, 0.05) is 12.1 Å². The molecular formula is C16H19N2O2+. The topological polar surface area (TPSA) is 53.2 Å². The number of aromatic nitrogens is 1. The standard InChI is InChI=1S/C16H18N2O2/c1-13(16(20)14-8-4-2-5-9-14)17-15(19)12-18-10-6-3-7-11-18/h2-11,13,16,20H,12H2,1H3/p+1/t13-,16+/m1/s1. The lowest BCUT2D eigenvalue weighted by molar-refractivity contribution is -0.684. The van der Waals surface area contributed by atoms with Crippen molar-refractivity contribution in [2.75, 3.05) is 0 Å². The molecule has 0 aliphatic rings. The van der Waals surface area contributed by atoms with Crippen LogP contribution in [0.1, 0.15) is 18.6 Å². The predicted molar refractivity (Wildman–Crippen MR) is 75.6 cm³/mol. The van der Waals surface area contributed by atoms with Crippen LogP contribution in [0.4, 0.5) is 0 Å². The number of carbonyl (C=O) groups excluding carboxylic acids is 1. The fourth-order valence-corrected chi connectivity index (χ4v) is 2.02. The van der Waals surface area contributed by atoms with Gasteiger partial charge in [-0.15, -0.1) is 0 Å². The van der Waals surface area contributed by atoms with Crippen molar-refractivity contribution in [2.45, 2.75) is 25.6 Å². The Morgan fingerprint density at radius 1 is 1.15 bits per heavy atom. The molecule has 1 amide bonds. The lowest BCUT2D eigenvalue weighted by Gasteiger charge is -2.19. The number of benzene rings is 1. The van der Waals surface area contributed by atoms with E-state index in [4.69, 9.17) is 0 Å². The number of aliphatic hydroxyl groups excluding tert-OH is 1. The molecule has 1 aromatic heterocycles. The van der Waals surface area contributed by atoms with Crippen molar-refractivity contribution in [3.8, 4) is 0 Å². The highest BCUT2D eigenvalue weighted by Crippen LogP contribution is 2.15. The molecule has 0 bridgehead atoms. The summed E-state index contributed by atoms with van der Waals surface area (Å²) in [6.45, 7) is 2.04. The zero-order valence-corrected chi connectivity index (χ0v) is 11.4. The minimum atomic E-state index is -0.707. The molecular weight excluding hydrogens is 252 g/mol. The van der Waals surface area contributed by atoms with Crippen LogP contribution in [0.5, 0.6) is 0 Å². The van der Waals surface area contributed by atoms with Gasteiger partial charge in [0.05, 0.1) is 12.1 Å². The van der Waals surface area contributed by atoms with E-state index in [0.29, 0.717) is 0 Å². The smallest absolute Gasteiger partial charge is 0.286 e. The van der Waals surface area contributed by atoms with E-state index in [2.05, 4.69) is 5.32 Å². The molecule has 4 nitrogen and oxygen atoms in total. The number of nitrogens with one attached hydrogen (secondary N) is 1. The molecule has 104 valence electrons. The number of aliphatic hydroxyl groups is 1. The van der Waals surface area contributed by atoms with E-state index in [1.54, 1.807) is 11.5 Å². The van der Waals surface area contributed by atoms with Crippen molar-refractivity contribution >= 4 is 5.91 Å². The Morgan fingerprint density at radius 3 is 2.40 bits per heavy atom. The Bertz CT molecular complexity index is 543. The van der Waals surface area contributed by atoms with Crippen LogP contribution in [0.2, 0.25) is 0 Å². The lowest BCUT2D eigenvalue weighted by atomic mass is 10.0. The molecule has 2 aromatic rings. The maximum Gasteiger partial charge on any atom is 0.286 e. The van der Waals surface area contributed by atoms with Gasteiger partial charge in [-0.3, -0.25) is 4.79 Å². The summed E-state index contributed by atoms with van der Waals surface area (Å²) in [6, 6.07) is 14.6. The number of nitrogens with zero attached hydrogens (tertiary/aromatic N) is 1. The van der Waals surface area contributed by atoms with E-state index in [1.165, 1.54) is 0 Å². The summed E-state index contributed by atoms with van der Waals surface area (Å²) in [7, 11) is 0. The number of hydrogen-bond acceptors (Lipinski definition) is 2. The van der Waals surface area contributed by atoms with Crippen molar-refractivity contribution in [1.82, 2.24) is 5.32 Å². The Kier molecular flexibility index (Phi) is 4.85. The second-order valence-electron chi connectivity index (χ2n) is 4.76. The van der Waals surface area contributed by atoms with Gasteiger partial charge in [0.1, 0.15) is 0 Å². The largest absolute Gasteiger partial charge is 0.386 e. The van der Waals surface area contributed by atoms with Crippen LogP contribution in [0.25, 0.3) is 0 Å². The molecule has 0 fully saturated rings. The third-order valence-electron chi connectivity index (χ3n) is 3.11. The zero-order valence-electron chi connectivity index (χ0n) is 11.4. The highest BCUT2D eigenvalue weighted by molar-refractivity contribution is 5.74. The van der Waals surface area contributed by atoms with Crippen LogP contribution in [-0.2, 0) is 11.3 Å². The number of amides is 1. The molecule has 4 heteroatoms. The van der Waals surface area contributed by atoms with Crippen LogP contribution < -0.4 is 9.88 Å². The molecule has 0 saturated carbocycles. The average Bonchev–Trinajstić information content (AvgIpc) is 2.48. The highest BCUT2D eigenvalue weighted by atomic mass is 16.3. The Balaban J connectivity index is 1.91. The molecule has 1 heterocycles. The Morgan fingerprint density at radius 2 is 1.75 bits per heavy atom. The van der Waals surface area contributed by atoms with Crippen LogP contribution in [-0.4, -0.2) is 17.1 Å². The summed E-state index contributed by atoms with van der Waals surface area (Å²) in [5, 5.41) is 13.0. The van der Waals surface area contributed by atoms with Crippen LogP contribution in [0, 0.1) is 0 Å². The highest BCUT2D eigenvalue weighted by Gasteiger charge is 2.19. The molecule has 0 saturated heterocycles. The maximum atomic E-state index is 11.9. The van der Waals surface area contributed by atoms with Crippen LogP contribution in [0.15, 0.2) is 60.9 Å². The van der Waals surface area contributed by atoms with Gasteiger partial charge in [-0.05, 0) is 12.5 Å². The van der Waals surface area contributed by atoms with E-state index in [1.807, 2.05) is 60.9 Å². The zero-order chi connectivity index (χ0) is 14.4. The van der Waals surface area contributed by atoms with E-state index in [9.17, 15) is 9.90 Å². The third-order valence-corrected chi connectivity index (χ3v) is 3.11. The number of hydrogen-bond donors (Lipinski definition) is 2. The molecule has 0 radical (unpaired) electrons. The number of carbonyl (C=O) groups is 1. The summed E-state index contributed by atoms with van der Waals surface area (Å²) in [5.74, 6) is -0.122. The molecule has 2 atom stereocenters. The predicted octanol–water partition coefficient (Wildman–Crippen LogP) is 1.21. The molecule has 0 aliphatic carbocycles. The normalized spacial score (nSPS) is 13.5. The van der Waals surface area contributed by atoms with Gasteiger partial charge in [-0.1, -0.05) is 36.4 Å². The molecule has 0 aliphatic heterocycles. The average molecular weight is 271 g/mol. The van der Waals surface area contributed by atoms with Gasteiger partial charge < -0.3 is 10.4 Å². The monoisotopic (exact) mass is 271 g/mol. The van der Waals surface area contributed by atoms with Gasteiger partial charge in [-0.25, -0.2) is 0 Å². The number of pyridine rings is 1. The molecule has 0 unspecified atom stereocenters. The van der Waals surface area contributed by atoms with Gasteiger partial charge in [0.15, 0.2) is 12.4 Å². The van der Waals surface area contributed by atoms with Crippen molar-refractivity contribution in [3.63, 3.8) is 0 Å². The fourth-order valence-electron chi connectivity index (χ4n) is 2.02. The van der Waals surface area contributed by atoms with Gasteiger partial charge in [0.2, 0.25) is 6.54 Å². The molecule has 2 rings (SSSR count). The van der Waals surface area contributed by atoms with E-state index >= 15 is 0 Å². The molecule has 1 aromatic carbocycles. The van der Waals surface area contributed by atoms with Gasteiger partial charge in [-0.2, -0.15) is 4.57 Å². The third kappa shape index (κ3) is 3.90. The number of rotatable bonds is 5. The minimum absolute atomic E-state index is 0.122. The van der Waals surface area contributed by atoms with Crippen LogP contribution >= 0.6 is 0 Å². The molecule has 20 heavy (non-hydrogen) atoms. The summed E-state index contributed by atoms with van der Waals surface area (Å²) in [5.41, 5.74) is 0.799. The van der Waals surface area contributed by atoms with E-state index in [-0.39, 0.29) is 18.5 Å². The fraction of sp³-hybridized carbons (Fsp3) is 0.250. The van der Waals surface area contributed by atoms with Crippen molar-refractivity contribution in [3.05, 3.63) is 66.5 Å². The summed E-state index contributed by atoms with van der Waals surface area (Å²) >= 11 is 0. The maximum absolute atomic E-state index is 11.9. The lowest BCUT2D eigenvalue weighted by Crippen LogP contribution is -2.46. The molecule has 0 spiro atoms. The first kappa shape index (κ1) is 14.2. The second-order valence-corrected chi connectivity index (χ2v) is 4.76. The van der Waals surface area contributed by atoms with Crippen molar-refractivity contribution in [1.29, 1.82) is 0 Å². The first-order valence-electron chi connectivity index (χ1n) is 6.63. The first-order valence-corrected chi connectivity index (χ1v) is 6.63. The van der Waals surface area contributed by atoms with Gasteiger partial charge >= 0.3 is 0 Å². The van der Waals surface area contributed by atoms with Crippen molar-refractivity contribution < 1.29 is 14.5 Å². The van der Waals surface area contributed by atoms with Crippen LogP contribution in [0.3, 0.4) is 0 Å². The quantitative estimate of drug-likeness (QED) is 0.803. The summed E-state index contributed by atoms with van der Waals surface area (Å²) < 4.78 is 1.79. The molecule has 2 N–H and O–H groups in total. The first-order chi connectivity index (χ1) is 9.66. The Labute approximate surface area is 118 Å². The second kappa shape index (κ2) is 6.82. The van der Waals surface area contributed by atoms with E-state index in [0.717, 1.165) is 5.56 Å². The SMILES string of the molecule is C[C@@H](NC(=O)C[n+]1ccccc1)[C@H](O)c1ccccc1. The van der Waals surface area contributed by atoms with Crippen molar-refractivity contribution in [2.24, 2.45) is 0 Å². The van der Waals surface area contributed by atoms with Gasteiger partial charge in [0.25, 0.3) is 5.91 Å². The van der Waals surface area contributed by atoms with E-state index < -0.39 is 6.10 Å².